The molecule has 0 saturated carbocycles. The molecule has 0 aliphatic carbocycles. The van der Waals surface area contributed by atoms with Crippen molar-refractivity contribution < 1.29 is 13.2 Å². The molecule has 0 spiro atoms. The minimum Gasteiger partial charge on any atom is -0.351 e. The van der Waals surface area contributed by atoms with E-state index in [4.69, 9.17) is 5.73 Å². The van der Waals surface area contributed by atoms with Crippen LogP contribution in [0.25, 0.3) is 0 Å². The Kier molecular flexibility index (Phi) is 5.78. The van der Waals surface area contributed by atoms with Gasteiger partial charge in [0.25, 0.3) is 5.91 Å². The summed E-state index contributed by atoms with van der Waals surface area (Å²) in [7, 11) is -3.30. The molecule has 0 bridgehead atoms. The molecule has 1 aromatic rings. The molecule has 0 atom stereocenters. The molecule has 6 nitrogen and oxygen atoms in total. The van der Waals surface area contributed by atoms with E-state index in [1.807, 2.05) is 0 Å². The molecule has 19 heavy (non-hydrogen) atoms. The predicted molar refractivity (Wildman–Crippen MR) is 75.5 cm³/mol. The van der Waals surface area contributed by atoms with Gasteiger partial charge in [-0.15, -0.1) is 0 Å². The van der Waals surface area contributed by atoms with E-state index in [0.29, 0.717) is 30.8 Å². The average Bonchev–Trinajstić information content (AvgIpc) is 2.36. The molecule has 0 radical (unpaired) electrons. The van der Waals surface area contributed by atoms with Crippen molar-refractivity contribution in [3.05, 3.63) is 29.8 Å². The Bertz CT molecular complexity index is 512. The number of nitrogens with two attached hydrogens (primary N) is 1. The molecular weight excluding hydrogens is 266 g/mol. The number of anilines is 1. The maximum Gasteiger partial charge on any atom is 0.251 e. The van der Waals surface area contributed by atoms with Gasteiger partial charge in [0, 0.05) is 24.3 Å². The Morgan fingerprint density at radius 1 is 1.26 bits per heavy atom. The highest BCUT2D eigenvalue weighted by atomic mass is 32.2. The first-order valence-electron chi connectivity index (χ1n) is 6.07. The molecule has 106 valence electrons. The highest BCUT2D eigenvalue weighted by Gasteiger charge is 2.09. The van der Waals surface area contributed by atoms with E-state index in [0.717, 1.165) is 0 Å². The van der Waals surface area contributed by atoms with Crippen LogP contribution < -0.4 is 15.8 Å². The maximum absolute atomic E-state index is 11.6. The van der Waals surface area contributed by atoms with Crippen molar-refractivity contribution in [3.63, 3.8) is 0 Å². The monoisotopic (exact) mass is 285 g/mol. The van der Waals surface area contributed by atoms with Crippen LogP contribution in [0.1, 0.15) is 23.7 Å². The SMILES string of the molecule is CCCS(=O)(=O)Nc1ccc(C(=O)NCCN)cc1. The normalized spacial score (nSPS) is 11.1. The minimum atomic E-state index is -3.30. The zero-order valence-electron chi connectivity index (χ0n) is 10.8. The standard InChI is InChI=1S/C12H19N3O3S/c1-2-9-19(17,18)15-11-5-3-10(4-6-11)12(16)14-8-7-13/h3-6,15H,2,7-9,13H2,1H3,(H,14,16). The molecule has 0 heterocycles. The topological polar surface area (TPSA) is 101 Å². The number of hydrogen-bond donors (Lipinski definition) is 3. The second-order valence-electron chi connectivity index (χ2n) is 4.04. The van der Waals surface area contributed by atoms with Crippen LogP contribution in [-0.2, 0) is 10.0 Å². The van der Waals surface area contributed by atoms with Crippen molar-refractivity contribution in [1.82, 2.24) is 5.32 Å². The first-order valence-corrected chi connectivity index (χ1v) is 7.72. The number of carbonyl (C=O) groups excluding carboxylic acids is 1. The third-order valence-electron chi connectivity index (χ3n) is 2.32. The molecule has 0 fully saturated rings. The zero-order valence-corrected chi connectivity index (χ0v) is 11.7. The van der Waals surface area contributed by atoms with Crippen LogP contribution in [0.4, 0.5) is 5.69 Å². The lowest BCUT2D eigenvalue weighted by Crippen LogP contribution is -2.28. The molecule has 0 unspecified atom stereocenters. The first kappa shape index (κ1) is 15.5. The van der Waals surface area contributed by atoms with Gasteiger partial charge in [-0.2, -0.15) is 0 Å². The van der Waals surface area contributed by atoms with E-state index in [1.165, 1.54) is 0 Å². The fraction of sp³-hybridized carbons (Fsp3) is 0.417. The first-order chi connectivity index (χ1) is 8.98. The van der Waals surface area contributed by atoms with E-state index in [2.05, 4.69) is 10.0 Å². The van der Waals surface area contributed by atoms with Gasteiger partial charge < -0.3 is 11.1 Å². The largest absolute Gasteiger partial charge is 0.351 e. The molecule has 0 aromatic heterocycles. The molecule has 1 aromatic carbocycles. The van der Waals surface area contributed by atoms with Gasteiger partial charge in [0.1, 0.15) is 0 Å². The van der Waals surface area contributed by atoms with Crippen LogP contribution in [0.2, 0.25) is 0 Å². The van der Waals surface area contributed by atoms with E-state index in [9.17, 15) is 13.2 Å². The second-order valence-corrected chi connectivity index (χ2v) is 5.88. The molecule has 1 rings (SSSR count). The van der Waals surface area contributed by atoms with Crippen molar-refractivity contribution in [2.45, 2.75) is 13.3 Å². The summed E-state index contributed by atoms with van der Waals surface area (Å²) in [5.41, 5.74) is 6.20. The zero-order chi connectivity index (χ0) is 14.3. The van der Waals surface area contributed by atoms with Crippen LogP contribution in [0.5, 0.6) is 0 Å². The third-order valence-corrected chi connectivity index (χ3v) is 3.82. The van der Waals surface area contributed by atoms with Gasteiger partial charge in [-0.1, -0.05) is 6.92 Å². The van der Waals surface area contributed by atoms with Gasteiger partial charge in [-0.05, 0) is 30.7 Å². The van der Waals surface area contributed by atoms with Crippen LogP contribution >= 0.6 is 0 Å². The summed E-state index contributed by atoms with van der Waals surface area (Å²) in [5, 5.41) is 2.63. The van der Waals surface area contributed by atoms with Crippen molar-refractivity contribution in [3.8, 4) is 0 Å². The Labute approximate surface area is 113 Å². The van der Waals surface area contributed by atoms with Crippen molar-refractivity contribution in [2.75, 3.05) is 23.6 Å². The summed E-state index contributed by atoms with van der Waals surface area (Å²) in [4.78, 5) is 11.6. The Morgan fingerprint density at radius 2 is 1.89 bits per heavy atom. The molecule has 0 saturated heterocycles. The summed E-state index contributed by atoms with van der Waals surface area (Å²) in [6.45, 7) is 2.58. The maximum atomic E-state index is 11.6. The van der Waals surface area contributed by atoms with Crippen LogP contribution in [0.3, 0.4) is 0 Å². The van der Waals surface area contributed by atoms with Crippen LogP contribution in [-0.4, -0.2) is 33.2 Å². The highest BCUT2D eigenvalue weighted by molar-refractivity contribution is 7.92. The Balaban J connectivity index is 2.69. The number of nitrogens with one attached hydrogen (secondary N) is 2. The highest BCUT2D eigenvalue weighted by Crippen LogP contribution is 2.11. The summed E-state index contributed by atoms with van der Waals surface area (Å²) in [6.07, 6.45) is 0.551. The fourth-order valence-corrected chi connectivity index (χ4v) is 2.61. The van der Waals surface area contributed by atoms with E-state index in [1.54, 1.807) is 31.2 Å². The van der Waals surface area contributed by atoms with Crippen molar-refractivity contribution in [2.24, 2.45) is 5.73 Å². The van der Waals surface area contributed by atoms with Gasteiger partial charge in [0.05, 0.1) is 5.75 Å². The quantitative estimate of drug-likeness (QED) is 0.680. The van der Waals surface area contributed by atoms with Crippen molar-refractivity contribution in [1.29, 1.82) is 0 Å². The molecule has 1 amide bonds. The van der Waals surface area contributed by atoms with Gasteiger partial charge in [0.2, 0.25) is 10.0 Å². The Hall–Kier alpha value is -1.60. The van der Waals surface area contributed by atoms with Gasteiger partial charge in [0.15, 0.2) is 0 Å². The van der Waals surface area contributed by atoms with Crippen LogP contribution in [0.15, 0.2) is 24.3 Å². The van der Waals surface area contributed by atoms with E-state index < -0.39 is 10.0 Å². The smallest absolute Gasteiger partial charge is 0.251 e. The lowest BCUT2D eigenvalue weighted by atomic mass is 10.2. The molecule has 0 aliphatic rings. The van der Waals surface area contributed by atoms with E-state index >= 15 is 0 Å². The number of benzene rings is 1. The van der Waals surface area contributed by atoms with Crippen molar-refractivity contribution >= 4 is 21.6 Å². The Morgan fingerprint density at radius 3 is 2.42 bits per heavy atom. The average molecular weight is 285 g/mol. The lowest BCUT2D eigenvalue weighted by molar-refractivity contribution is 0.0955. The summed E-state index contributed by atoms with van der Waals surface area (Å²) >= 11 is 0. The molecule has 7 heteroatoms. The number of carbonyl (C=O) groups is 1. The summed E-state index contributed by atoms with van der Waals surface area (Å²) in [6, 6.07) is 6.25. The van der Waals surface area contributed by atoms with Gasteiger partial charge in [-0.25, -0.2) is 8.42 Å². The third kappa shape index (κ3) is 5.27. The lowest BCUT2D eigenvalue weighted by Gasteiger charge is -2.08. The molecule has 4 N–H and O–H groups in total. The van der Waals surface area contributed by atoms with Gasteiger partial charge in [-0.3, -0.25) is 9.52 Å². The number of amides is 1. The summed E-state index contributed by atoms with van der Waals surface area (Å²) in [5.74, 6) is -0.153. The van der Waals surface area contributed by atoms with E-state index in [-0.39, 0.29) is 11.7 Å². The molecular formula is C12H19N3O3S. The minimum absolute atomic E-state index is 0.0751. The summed E-state index contributed by atoms with van der Waals surface area (Å²) < 4.78 is 25.6. The number of rotatable bonds is 7. The number of hydrogen-bond acceptors (Lipinski definition) is 4. The van der Waals surface area contributed by atoms with Gasteiger partial charge >= 0.3 is 0 Å². The fourth-order valence-electron chi connectivity index (χ4n) is 1.48. The van der Waals surface area contributed by atoms with Crippen LogP contribution in [0, 0.1) is 0 Å². The predicted octanol–water partition coefficient (Wildman–Crippen LogP) is 0.527. The second kappa shape index (κ2) is 7.10. The number of sulfonamides is 1. The molecule has 0 aliphatic heterocycles.